The first-order chi connectivity index (χ1) is 11.0. The summed E-state index contributed by atoms with van der Waals surface area (Å²) < 4.78 is 30.8. The Bertz CT molecular complexity index is 640. The summed E-state index contributed by atoms with van der Waals surface area (Å²) in [6.07, 6.45) is 7.95. The van der Waals surface area contributed by atoms with Crippen molar-refractivity contribution in [2.45, 2.75) is 50.6 Å². The SMILES string of the molecule is CS(=O)(=O)N(C1CCC1)[C@H]1CCCN(C(=O)c2ccon2)CC1. The predicted octanol–water partition coefficient (Wildman–Crippen LogP) is 1.48. The molecule has 3 rings (SSSR count). The van der Waals surface area contributed by atoms with Crippen LogP contribution >= 0.6 is 0 Å². The number of amides is 1. The number of nitrogens with zero attached hydrogens (tertiary/aromatic N) is 3. The predicted molar refractivity (Wildman–Crippen MR) is 84.4 cm³/mol. The van der Waals surface area contributed by atoms with Gasteiger partial charge < -0.3 is 9.42 Å². The van der Waals surface area contributed by atoms with E-state index in [0.717, 1.165) is 32.1 Å². The largest absolute Gasteiger partial charge is 0.364 e. The van der Waals surface area contributed by atoms with Gasteiger partial charge in [-0.3, -0.25) is 4.79 Å². The first-order valence-corrected chi connectivity index (χ1v) is 10.00. The average molecular weight is 341 g/mol. The molecule has 1 aromatic heterocycles. The molecule has 2 heterocycles. The van der Waals surface area contributed by atoms with Crippen LogP contribution in [0, 0.1) is 0 Å². The molecule has 1 aromatic rings. The smallest absolute Gasteiger partial charge is 0.276 e. The maximum absolute atomic E-state index is 12.4. The Kier molecular flexibility index (Phi) is 4.72. The van der Waals surface area contributed by atoms with Gasteiger partial charge in [-0.1, -0.05) is 11.6 Å². The van der Waals surface area contributed by atoms with Crippen LogP contribution in [0.4, 0.5) is 0 Å². The lowest BCUT2D eigenvalue weighted by Gasteiger charge is -2.40. The number of carbonyl (C=O) groups is 1. The van der Waals surface area contributed by atoms with E-state index in [1.807, 2.05) is 0 Å². The summed E-state index contributed by atoms with van der Waals surface area (Å²) in [5.41, 5.74) is 0.308. The van der Waals surface area contributed by atoms with Crippen molar-refractivity contribution in [3.8, 4) is 0 Å². The average Bonchev–Trinajstić information content (AvgIpc) is 2.86. The van der Waals surface area contributed by atoms with Crippen LogP contribution in [0.25, 0.3) is 0 Å². The fourth-order valence-corrected chi connectivity index (χ4v) is 5.01. The summed E-state index contributed by atoms with van der Waals surface area (Å²) in [5, 5.41) is 3.69. The topological polar surface area (TPSA) is 83.7 Å². The van der Waals surface area contributed by atoms with Crippen LogP contribution in [0.2, 0.25) is 0 Å². The van der Waals surface area contributed by atoms with Gasteiger partial charge in [-0.25, -0.2) is 8.42 Å². The molecule has 0 N–H and O–H groups in total. The molecule has 1 saturated carbocycles. The maximum atomic E-state index is 12.4. The van der Waals surface area contributed by atoms with E-state index < -0.39 is 10.0 Å². The van der Waals surface area contributed by atoms with E-state index >= 15 is 0 Å². The summed E-state index contributed by atoms with van der Waals surface area (Å²) in [5.74, 6) is -0.144. The minimum atomic E-state index is -3.22. The molecule has 0 unspecified atom stereocenters. The summed E-state index contributed by atoms with van der Waals surface area (Å²) in [6.45, 7) is 1.18. The lowest BCUT2D eigenvalue weighted by Crippen LogP contribution is -2.50. The molecule has 7 nitrogen and oxygen atoms in total. The minimum Gasteiger partial charge on any atom is -0.364 e. The Labute approximate surface area is 136 Å². The van der Waals surface area contributed by atoms with Gasteiger partial charge in [-0.15, -0.1) is 0 Å². The Balaban J connectivity index is 1.69. The quantitative estimate of drug-likeness (QED) is 0.828. The Morgan fingerprint density at radius 2 is 1.91 bits per heavy atom. The van der Waals surface area contributed by atoms with Crippen LogP contribution in [-0.2, 0) is 10.0 Å². The van der Waals surface area contributed by atoms with Crippen molar-refractivity contribution >= 4 is 15.9 Å². The zero-order chi connectivity index (χ0) is 16.4. The first kappa shape index (κ1) is 16.4. The van der Waals surface area contributed by atoms with Gasteiger partial charge in [-0.05, 0) is 32.1 Å². The highest BCUT2D eigenvalue weighted by atomic mass is 32.2. The van der Waals surface area contributed by atoms with Crippen molar-refractivity contribution in [1.82, 2.24) is 14.4 Å². The van der Waals surface area contributed by atoms with Crippen molar-refractivity contribution in [2.75, 3.05) is 19.3 Å². The van der Waals surface area contributed by atoms with Gasteiger partial charge in [0, 0.05) is 31.2 Å². The number of hydrogen-bond donors (Lipinski definition) is 0. The highest BCUT2D eigenvalue weighted by Crippen LogP contribution is 2.32. The zero-order valence-electron chi connectivity index (χ0n) is 13.3. The van der Waals surface area contributed by atoms with E-state index in [4.69, 9.17) is 4.52 Å². The first-order valence-electron chi connectivity index (χ1n) is 8.15. The van der Waals surface area contributed by atoms with Crippen LogP contribution in [0.15, 0.2) is 16.9 Å². The second kappa shape index (κ2) is 6.60. The number of carbonyl (C=O) groups excluding carboxylic acids is 1. The Morgan fingerprint density at radius 3 is 2.48 bits per heavy atom. The molecule has 1 atom stereocenters. The van der Waals surface area contributed by atoms with E-state index in [2.05, 4.69) is 5.16 Å². The molecule has 0 aromatic carbocycles. The van der Waals surface area contributed by atoms with E-state index in [-0.39, 0.29) is 18.0 Å². The highest BCUT2D eigenvalue weighted by molar-refractivity contribution is 7.88. The molecule has 0 bridgehead atoms. The van der Waals surface area contributed by atoms with Gasteiger partial charge >= 0.3 is 0 Å². The highest BCUT2D eigenvalue weighted by Gasteiger charge is 2.37. The lowest BCUT2D eigenvalue weighted by molar-refractivity contribution is 0.0747. The van der Waals surface area contributed by atoms with Crippen molar-refractivity contribution in [2.24, 2.45) is 0 Å². The number of sulfonamides is 1. The molecule has 2 aliphatic rings. The number of rotatable bonds is 4. The molecular weight excluding hydrogens is 318 g/mol. The van der Waals surface area contributed by atoms with Gasteiger partial charge in [0.1, 0.15) is 6.26 Å². The van der Waals surface area contributed by atoms with Gasteiger partial charge in [0.05, 0.1) is 6.26 Å². The van der Waals surface area contributed by atoms with Crippen molar-refractivity contribution < 1.29 is 17.7 Å². The van der Waals surface area contributed by atoms with E-state index in [1.54, 1.807) is 15.3 Å². The second-order valence-electron chi connectivity index (χ2n) is 6.44. The molecule has 128 valence electrons. The lowest BCUT2D eigenvalue weighted by atomic mass is 9.91. The maximum Gasteiger partial charge on any atom is 0.276 e. The fourth-order valence-electron chi connectivity index (χ4n) is 3.50. The van der Waals surface area contributed by atoms with Gasteiger partial charge in [0.15, 0.2) is 5.69 Å². The molecule has 1 saturated heterocycles. The van der Waals surface area contributed by atoms with Crippen LogP contribution < -0.4 is 0 Å². The van der Waals surface area contributed by atoms with E-state index in [9.17, 15) is 13.2 Å². The summed E-state index contributed by atoms with van der Waals surface area (Å²) in [7, 11) is -3.22. The van der Waals surface area contributed by atoms with Gasteiger partial charge in [-0.2, -0.15) is 4.31 Å². The van der Waals surface area contributed by atoms with Gasteiger partial charge in [0.25, 0.3) is 5.91 Å². The zero-order valence-corrected chi connectivity index (χ0v) is 14.2. The normalized spacial score (nSPS) is 23.6. The molecule has 8 heteroatoms. The molecule has 2 fully saturated rings. The second-order valence-corrected chi connectivity index (χ2v) is 8.33. The molecular formula is C15H23N3O4S. The molecule has 1 aliphatic carbocycles. The summed E-state index contributed by atoms with van der Waals surface area (Å²) in [4.78, 5) is 14.1. The van der Waals surface area contributed by atoms with Crippen LogP contribution in [-0.4, -0.2) is 60.1 Å². The minimum absolute atomic E-state index is 0.00888. The Hall–Kier alpha value is -1.41. The van der Waals surface area contributed by atoms with Gasteiger partial charge in [0.2, 0.25) is 10.0 Å². The molecule has 23 heavy (non-hydrogen) atoms. The molecule has 1 amide bonds. The van der Waals surface area contributed by atoms with E-state index in [1.165, 1.54) is 12.5 Å². The molecule has 0 radical (unpaired) electrons. The number of hydrogen-bond acceptors (Lipinski definition) is 5. The van der Waals surface area contributed by atoms with Crippen LogP contribution in [0.1, 0.15) is 49.0 Å². The molecule has 0 spiro atoms. The number of likely N-dealkylation sites (tertiary alicyclic amines) is 1. The Morgan fingerprint density at radius 1 is 1.22 bits per heavy atom. The summed E-state index contributed by atoms with van der Waals surface area (Å²) >= 11 is 0. The van der Waals surface area contributed by atoms with E-state index in [0.29, 0.717) is 25.2 Å². The third kappa shape index (κ3) is 3.58. The number of aromatic nitrogens is 1. The standard InChI is InChI=1S/C15H23N3O4S/c1-23(20,21)18(12-4-2-5-12)13-6-3-9-17(10-7-13)15(19)14-8-11-22-16-14/h8,11-13H,2-7,9-10H2,1H3/t13-/m0/s1. The van der Waals surface area contributed by atoms with Crippen molar-refractivity contribution in [1.29, 1.82) is 0 Å². The monoisotopic (exact) mass is 341 g/mol. The third-order valence-electron chi connectivity index (χ3n) is 4.82. The van der Waals surface area contributed by atoms with Crippen LogP contribution in [0.5, 0.6) is 0 Å². The fraction of sp³-hybridized carbons (Fsp3) is 0.733. The molecule has 1 aliphatic heterocycles. The van der Waals surface area contributed by atoms with Crippen molar-refractivity contribution in [3.05, 3.63) is 18.0 Å². The van der Waals surface area contributed by atoms with Crippen molar-refractivity contribution in [3.63, 3.8) is 0 Å². The third-order valence-corrected chi connectivity index (χ3v) is 6.18. The van der Waals surface area contributed by atoms with Crippen LogP contribution in [0.3, 0.4) is 0 Å². The summed E-state index contributed by atoms with van der Waals surface area (Å²) in [6, 6.07) is 1.69.